The van der Waals surface area contributed by atoms with Gasteiger partial charge in [-0.3, -0.25) is 9.10 Å². The van der Waals surface area contributed by atoms with Gasteiger partial charge in [0.25, 0.3) is 5.91 Å². The molecule has 1 heterocycles. The van der Waals surface area contributed by atoms with Gasteiger partial charge in [-0.25, -0.2) is 8.42 Å². The molecule has 1 atom stereocenters. The van der Waals surface area contributed by atoms with Gasteiger partial charge in [0.15, 0.2) is 6.10 Å². The van der Waals surface area contributed by atoms with Gasteiger partial charge in [-0.1, -0.05) is 60.2 Å². The molecule has 6 nitrogen and oxygen atoms in total. The molecule has 1 aliphatic rings. The van der Waals surface area contributed by atoms with Gasteiger partial charge in [-0.2, -0.15) is 0 Å². The van der Waals surface area contributed by atoms with E-state index in [0.29, 0.717) is 22.7 Å². The number of ether oxygens (including phenoxy) is 1. The molecular weight excluding hydrogens is 400 g/mol. The van der Waals surface area contributed by atoms with Crippen LogP contribution < -0.4 is 14.4 Å². The summed E-state index contributed by atoms with van der Waals surface area (Å²) >= 11 is 0. The first-order valence-corrected chi connectivity index (χ1v) is 11.2. The van der Waals surface area contributed by atoms with Gasteiger partial charge in [0.05, 0.1) is 18.0 Å². The van der Waals surface area contributed by atoms with Crippen LogP contribution >= 0.6 is 0 Å². The van der Waals surface area contributed by atoms with Gasteiger partial charge in [-0.15, -0.1) is 0 Å². The molecule has 1 amide bonds. The monoisotopic (exact) mass is 422 g/mol. The minimum atomic E-state index is -3.72. The van der Waals surface area contributed by atoms with E-state index in [2.05, 4.69) is 5.32 Å². The Morgan fingerprint density at radius 1 is 1.00 bits per heavy atom. The highest BCUT2D eigenvalue weighted by molar-refractivity contribution is 7.92. The zero-order valence-corrected chi connectivity index (χ0v) is 17.3. The van der Waals surface area contributed by atoms with Crippen LogP contribution in [0.3, 0.4) is 0 Å². The van der Waals surface area contributed by atoms with Gasteiger partial charge < -0.3 is 10.1 Å². The maximum absolute atomic E-state index is 13.2. The van der Waals surface area contributed by atoms with E-state index in [0.717, 1.165) is 5.56 Å². The predicted molar refractivity (Wildman–Crippen MR) is 117 cm³/mol. The van der Waals surface area contributed by atoms with Crippen molar-refractivity contribution in [1.82, 2.24) is 0 Å². The highest BCUT2D eigenvalue weighted by Crippen LogP contribution is 2.36. The maximum Gasteiger partial charge on any atom is 0.267 e. The molecule has 7 heteroatoms. The number of carbonyl (C=O) groups excluding carboxylic acids is 1. The molecule has 0 spiro atoms. The molecule has 30 heavy (non-hydrogen) atoms. The number of nitrogens with zero attached hydrogens (tertiary/aromatic N) is 1. The zero-order valence-electron chi connectivity index (χ0n) is 16.5. The van der Waals surface area contributed by atoms with Crippen LogP contribution in [-0.4, -0.2) is 27.0 Å². The number of hydrogen-bond donors (Lipinski definition) is 1. The van der Waals surface area contributed by atoms with E-state index in [4.69, 9.17) is 4.74 Å². The van der Waals surface area contributed by atoms with Crippen LogP contribution in [0.4, 0.5) is 11.4 Å². The lowest BCUT2D eigenvalue weighted by Crippen LogP contribution is -2.49. The van der Waals surface area contributed by atoms with Crippen LogP contribution in [0.15, 0.2) is 78.9 Å². The van der Waals surface area contributed by atoms with Gasteiger partial charge in [0.1, 0.15) is 5.75 Å². The highest BCUT2D eigenvalue weighted by Gasteiger charge is 2.36. The van der Waals surface area contributed by atoms with Crippen LogP contribution in [0, 0.1) is 6.92 Å². The molecular formula is C23H22N2O4S. The van der Waals surface area contributed by atoms with Crippen molar-refractivity contribution < 1.29 is 17.9 Å². The molecule has 0 unspecified atom stereocenters. The van der Waals surface area contributed by atoms with Crippen LogP contribution in [-0.2, 0) is 20.6 Å². The van der Waals surface area contributed by atoms with Crippen molar-refractivity contribution in [3.05, 3.63) is 90.0 Å². The third-order valence-corrected chi connectivity index (χ3v) is 6.59. The zero-order chi connectivity index (χ0) is 21.1. The van der Waals surface area contributed by atoms with E-state index in [1.807, 2.05) is 25.1 Å². The first-order chi connectivity index (χ1) is 14.4. The standard InChI is InChI=1S/C23H22N2O4S/c1-17-11-13-19(14-12-17)24-23(26)22-15-25(20-9-5-6-10-21(20)29-22)30(27,28)16-18-7-3-2-4-8-18/h2-14,22H,15-16H2,1H3,(H,24,26)/t22-/m0/s1. The second kappa shape index (κ2) is 8.20. The van der Waals surface area contributed by atoms with Gasteiger partial charge >= 0.3 is 0 Å². The van der Waals surface area contributed by atoms with E-state index >= 15 is 0 Å². The van der Waals surface area contributed by atoms with Gasteiger partial charge in [0, 0.05) is 5.69 Å². The summed E-state index contributed by atoms with van der Waals surface area (Å²) in [4.78, 5) is 12.8. The number of hydrogen-bond acceptors (Lipinski definition) is 4. The van der Waals surface area contributed by atoms with E-state index in [1.165, 1.54) is 4.31 Å². The number of aryl methyl sites for hydroxylation is 1. The Kier molecular flexibility index (Phi) is 5.46. The molecule has 3 aromatic rings. The van der Waals surface area contributed by atoms with E-state index in [1.54, 1.807) is 60.7 Å². The molecule has 0 saturated heterocycles. The molecule has 4 rings (SSSR count). The molecule has 0 saturated carbocycles. The summed E-state index contributed by atoms with van der Waals surface area (Å²) in [6.45, 7) is 1.87. The fourth-order valence-corrected chi connectivity index (χ4v) is 4.91. The van der Waals surface area contributed by atoms with Crippen molar-refractivity contribution in [1.29, 1.82) is 0 Å². The SMILES string of the molecule is Cc1ccc(NC(=O)[C@@H]2CN(S(=O)(=O)Cc3ccccc3)c3ccccc3O2)cc1. The summed E-state index contributed by atoms with van der Waals surface area (Å²) in [5, 5.41) is 2.81. The number of carbonyl (C=O) groups is 1. The normalized spacial score (nSPS) is 15.8. The van der Waals surface area contributed by atoms with Crippen molar-refractivity contribution in [2.75, 3.05) is 16.2 Å². The number of para-hydroxylation sites is 2. The lowest BCUT2D eigenvalue weighted by Gasteiger charge is -2.34. The molecule has 154 valence electrons. The number of nitrogens with one attached hydrogen (secondary N) is 1. The summed E-state index contributed by atoms with van der Waals surface area (Å²) < 4.78 is 33.6. The molecule has 3 aromatic carbocycles. The minimum absolute atomic E-state index is 0.0934. The maximum atomic E-state index is 13.2. The van der Waals surface area contributed by atoms with Gasteiger partial charge in [0.2, 0.25) is 10.0 Å². The van der Waals surface area contributed by atoms with Crippen molar-refractivity contribution in [2.24, 2.45) is 0 Å². The summed E-state index contributed by atoms with van der Waals surface area (Å²) in [6.07, 6.45) is -0.966. The third kappa shape index (κ3) is 4.31. The Bertz CT molecular complexity index is 1150. The average molecular weight is 423 g/mol. The summed E-state index contributed by atoms with van der Waals surface area (Å²) in [6, 6.07) is 23.2. The molecule has 1 N–H and O–H groups in total. The first-order valence-electron chi connectivity index (χ1n) is 9.60. The van der Waals surface area contributed by atoms with E-state index < -0.39 is 22.0 Å². The molecule has 0 radical (unpaired) electrons. The van der Waals surface area contributed by atoms with E-state index in [-0.39, 0.29) is 12.3 Å². The van der Waals surface area contributed by atoms with Crippen LogP contribution in [0.25, 0.3) is 0 Å². The third-order valence-electron chi connectivity index (χ3n) is 4.87. The number of sulfonamides is 1. The van der Waals surface area contributed by atoms with Crippen molar-refractivity contribution in [2.45, 2.75) is 18.8 Å². The average Bonchev–Trinajstić information content (AvgIpc) is 2.75. The highest BCUT2D eigenvalue weighted by atomic mass is 32.2. The largest absolute Gasteiger partial charge is 0.476 e. The molecule has 0 fully saturated rings. The topological polar surface area (TPSA) is 75.7 Å². The molecule has 0 aliphatic carbocycles. The lowest BCUT2D eigenvalue weighted by molar-refractivity contribution is -0.122. The number of anilines is 2. The second-order valence-corrected chi connectivity index (χ2v) is 9.10. The van der Waals surface area contributed by atoms with Crippen LogP contribution in [0.2, 0.25) is 0 Å². The van der Waals surface area contributed by atoms with E-state index in [9.17, 15) is 13.2 Å². The summed E-state index contributed by atoms with van der Waals surface area (Å²) in [7, 11) is -3.72. The summed E-state index contributed by atoms with van der Waals surface area (Å²) in [5.74, 6) is -0.188. The van der Waals surface area contributed by atoms with Gasteiger partial charge in [-0.05, 0) is 36.8 Å². The fourth-order valence-electron chi connectivity index (χ4n) is 3.32. The smallest absolute Gasteiger partial charge is 0.267 e. The van der Waals surface area contributed by atoms with Crippen molar-refractivity contribution in [3.8, 4) is 5.75 Å². The number of benzene rings is 3. The summed E-state index contributed by atoms with van der Waals surface area (Å²) in [5.41, 5.74) is 2.83. The lowest BCUT2D eigenvalue weighted by atomic mass is 10.2. The first kappa shape index (κ1) is 20.0. The van der Waals surface area contributed by atoms with Crippen LogP contribution in [0.1, 0.15) is 11.1 Å². The fraction of sp³-hybridized carbons (Fsp3) is 0.174. The minimum Gasteiger partial charge on any atom is -0.476 e. The molecule has 0 aromatic heterocycles. The van der Waals surface area contributed by atoms with Crippen LogP contribution in [0.5, 0.6) is 5.75 Å². The Morgan fingerprint density at radius 3 is 2.40 bits per heavy atom. The number of rotatable bonds is 5. The Hall–Kier alpha value is -3.32. The predicted octanol–water partition coefficient (Wildman–Crippen LogP) is 3.73. The quantitative estimate of drug-likeness (QED) is 0.680. The Labute approximate surface area is 176 Å². The Balaban J connectivity index is 1.60. The molecule has 0 bridgehead atoms. The van der Waals surface area contributed by atoms with Crippen molar-refractivity contribution >= 4 is 27.3 Å². The number of fused-ring (bicyclic) bond motifs is 1. The van der Waals surface area contributed by atoms with Crippen molar-refractivity contribution in [3.63, 3.8) is 0 Å². The second-order valence-electron chi connectivity index (χ2n) is 7.20. The Morgan fingerprint density at radius 2 is 1.67 bits per heavy atom. The number of amides is 1. The molecule has 1 aliphatic heterocycles.